The molecule has 0 saturated heterocycles. The normalized spacial score (nSPS) is 9.52. The second kappa shape index (κ2) is 9.47. The molecule has 2 aromatic carbocycles. The number of ether oxygens (including phenoxy) is 3. The van der Waals surface area contributed by atoms with Crippen molar-refractivity contribution in [3.05, 3.63) is 53.1 Å². The van der Waals surface area contributed by atoms with Gasteiger partial charge in [-0.15, -0.1) is 0 Å². The Kier molecular flexibility index (Phi) is 7.66. The van der Waals surface area contributed by atoms with Crippen LogP contribution in [-0.4, -0.2) is 19.0 Å². The van der Waals surface area contributed by atoms with Crippen LogP contribution in [0.4, 0.5) is 0 Å². The number of carbonyl (C=O) groups excluding carboxylic acids is 2. The van der Waals surface area contributed by atoms with E-state index in [4.69, 9.17) is 14.2 Å². The summed E-state index contributed by atoms with van der Waals surface area (Å²) in [6, 6.07) is 9.88. The minimum atomic E-state index is -0.463. The van der Waals surface area contributed by atoms with Crippen LogP contribution in [0.1, 0.15) is 42.3 Å². The Hall–Kier alpha value is -2.82. The van der Waals surface area contributed by atoms with Crippen LogP contribution in [0.2, 0.25) is 0 Å². The highest BCUT2D eigenvalue weighted by Crippen LogP contribution is 2.30. The fraction of sp³-hybridized carbons (Fsp3) is 0.300. The third-order valence-electron chi connectivity index (χ3n) is 3.47. The van der Waals surface area contributed by atoms with Gasteiger partial charge in [-0.3, -0.25) is 4.79 Å². The molecule has 0 spiro atoms. The highest BCUT2D eigenvalue weighted by molar-refractivity contribution is 5.91. The smallest absolute Gasteiger partial charge is 0.343 e. The van der Waals surface area contributed by atoms with E-state index in [1.165, 1.54) is 6.92 Å². The molecule has 0 N–H and O–H groups in total. The number of esters is 2. The minimum absolute atomic E-state index is 0.393. The van der Waals surface area contributed by atoms with E-state index in [2.05, 4.69) is 0 Å². The van der Waals surface area contributed by atoms with Crippen LogP contribution in [0.15, 0.2) is 36.4 Å². The molecule has 25 heavy (non-hydrogen) atoms. The summed E-state index contributed by atoms with van der Waals surface area (Å²) in [5, 5.41) is 0. The Balaban J connectivity index is 0.00000151. The molecule has 134 valence electrons. The summed E-state index contributed by atoms with van der Waals surface area (Å²) in [5.41, 5.74) is 1.91. The monoisotopic (exact) mass is 344 g/mol. The van der Waals surface area contributed by atoms with E-state index in [1.807, 2.05) is 13.8 Å². The molecule has 0 aliphatic carbocycles. The van der Waals surface area contributed by atoms with E-state index in [0.29, 0.717) is 22.8 Å². The second-order valence-electron chi connectivity index (χ2n) is 5.02. The summed E-state index contributed by atoms with van der Waals surface area (Å²) < 4.78 is 15.6. The first-order valence-corrected chi connectivity index (χ1v) is 8.07. The lowest BCUT2D eigenvalue weighted by Crippen LogP contribution is -2.10. The van der Waals surface area contributed by atoms with Crippen molar-refractivity contribution in [1.82, 2.24) is 0 Å². The van der Waals surface area contributed by atoms with Crippen molar-refractivity contribution in [2.75, 3.05) is 7.11 Å². The molecule has 5 heteroatoms. The molecule has 0 unspecified atom stereocenters. The van der Waals surface area contributed by atoms with Crippen LogP contribution < -0.4 is 14.2 Å². The minimum Gasteiger partial charge on any atom is -0.497 e. The maximum Gasteiger partial charge on any atom is 0.343 e. The number of methoxy groups -OCH3 is 1. The molecule has 0 atom stereocenters. The molecule has 0 aliphatic rings. The van der Waals surface area contributed by atoms with Gasteiger partial charge in [0.15, 0.2) is 0 Å². The molecule has 2 aromatic rings. The Labute approximate surface area is 148 Å². The molecule has 0 fully saturated rings. The number of hydrogen-bond acceptors (Lipinski definition) is 5. The Morgan fingerprint density at radius 2 is 1.28 bits per heavy atom. The number of benzene rings is 2. The standard InChI is InChI=1S/C18H18O5.C2H6/c1-11-12(2)17(10-9-16(11)22-13(3)19)23-18(20)14-5-7-15(21-4)8-6-14;1-2/h5-10H,1-4H3;1-2H3. The molecular formula is C20H24O5. The van der Waals surface area contributed by atoms with Crippen LogP contribution >= 0.6 is 0 Å². The highest BCUT2D eigenvalue weighted by atomic mass is 16.5. The van der Waals surface area contributed by atoms with E-state index in [1.54, 1.807) is 57.4 Å². The van der Waals surface area contributed by atoms with Crippen molar-refractivity contribution in [3.63, 3.8) is 0 Å². The van der Waals surface area contributed by atoms with Gasteiger partial charge in [-0.2, -0.15) is 0 Å². The Morgan fingerprint density at radius 1 is 0.800 bits per heavy atom. The van der Waals surface area contributed by atoms with E-state index in [0.717, 1.165) is 11.1 Å². The third kappa shape index (κ3) is 5.35. The summed E-state index contributed by atoms with van der Waals surface area (Å²) in [7, 11) is 1.56. The van der Waals surface area contributed by atoms with Crippen LogP contribution in [-0.2, 0) is 4.79 Å². The van der Waals surface area contributed by atoms with Crippen LogP contribution in [0.3, 0.4) is 0 Å². The van der Waals surface area contributed by atoms with Gasteiger partial charge in [-0.05, 0) is 61.4 Å². The quantitative estimate of drug-likeness (QED) is 0.604. The predicted octanol–water partition coefficient (Wildman–Crippen LogP) is 4.48. The molecule has 0 saturated carbocycles. The van der Waals surface area contributed by atoms with Crippen molar-refractivity contribution < 1.29 is 23.8 Å². The average Bonchev–Trinajstić information content (AvgIpc) is 2.62. The number of hydrogen-bond donors (Lipinski definition) is 0. The maximum absolute atomic E-state index is 12.2. The Bertz CT molecular complexity index is 732. The fourth-order valence-corrected chi connectivity index (χ4v) is 2.03. The summed E-state index contributed by atoms with van der Waals surface area (Å²) in [4.78, 5) is 23.3. The zero-order valence-corrected chi connectivity index (χ0v) is 15.5. The number of rotatable bonds is 4. The SMILES string of the molecule is CC.COc1ccc(C(=O)Oc2ccc(OC(C)=O)c(C)c2C)cc1. The van der Waals surface area contributed by atoms with Gasteiger partial charge >= 0.3 is 11.9 Å². The largest absolute Gasteiger partial charge is 0.497 e. The lowest BCUT2D eigenvalue weighted by atomic mass is 10.1. The first-order chi connectivity index (χ1) is 11.9. The molecule has 5 nitrogen and oxygen atoms in total. The summed E-state index contributed by atoms with van der Waals surface area (Å²) >= 11 is 0. The van der Waals surface area contributed by atoms with Crippen LogP contribution in [0.5, 0.6) is 17.2 Å². The zero-order valence-electron chi connectivity index (χ0n) is 15.5. The van der Waals surface area contributed by atoms with E-state index in [-0.39, 0.29) is 0 Å². The summed E-state index contributed by atoms with van der Waals surface area (Å²) in [6.45, 7) is 8.95. The first-order valence-electron chi connectivity index (χ1n) is 8.07. The topological polar surface area (TPSA) is 61.8 Å². The molecular weight excluding hydrogens is 320 g/mol. The van der Waals surface area contributed by atoms with Crippen LogP contribution in [0.25, 0.3) is 0 Å². The predicted molar refractivity (Wildman–Crippen MR) is 96.5 cm³/mol. The van der Waals surface area contributed by atoms with E-state index < -0.39 is 11.9 Å². The zero-order chi connectivity index (χ0) is 19.0. The molecule has 0 bridgehead atoms. The van der Waals surface area contributed by atoms with Gasteiger partial charge in [-0.25, -0.2) is 4.79 Å². The second-order valence-corrected chi connectivity index (χ2v) is 5.02. The van der Waals surface area contributed by atoms with Gasteiger partial charge in [0, 0.05) is 6.92 Å². The molecule has 0 amide bonds. The molecule has 0 aromatic heterocycles. The molecule has 0 aliphatic heterocycles. The molecule has 0 radical (unpaired) electrons. The molecule has 2 rings (SSSR count). The lowest BCUT2D eigenvalue weighted by molar-refractivity contribution is -0.131. The van der Waals surface area contributed by atoms with Crippen molar-refractivity contribution in [3.8, 4) is 17.2 Å². The Morgan fingerprint density at radius 3 is 1.72 bits per heavy atom. The van der Waals surface area contributed by atoms with Gasteiger partial charge in [0.2, 0.25) is 0 Å². The van der Waals surface area contributed by atoms with Crippen molar-refractivity contribution >= 4 is 11.9 Å². The van der Waals surface area contributed by atoms with Crippen molar-refractivity contribution in [2.45, 2.75) is 34.6 Å². The van der Waals surface area contributed by atoms with Crippen molar-refractivity contribution in [1.29, 1.82) is 0 Å². The van der Waals surface area contributed by atoms with E-state index in [9.17, 15) is 9.59 Å². The lowest BCUT2D eigenvalue weighted by Gasteiger charge is -2.13. The van der Waals surface area contributed by atoms with E-state index >= 15 is 0 Å². The first kappa shape index (κ1) is 20.2. The number of carbonyl (C=O) groups is 2. The van der Waals surface area contributed by atoms with Gasteiger partial charge in [0.25, 0.3) is 0 Å². The van der Waals surface area contributed by atoms with Crippen molar-refractivity contribution in [2.24, 2.45) is 0 Å². The fourth-order valence-electron chi connectivity index (χ4n) is 2.03. The third-order valence-corrected chi connectivity index (χ3v) is 3.47. The van der Waals surface area contributed by atoms with Gasteiger partial charge in [0.1, 0.15) is 17.2 Å². The molecule has 0 heterocycles. The summed E-state index contributed by atoms with van der Waals surface area (Å²) in [6.07, 6.45) is 0. The maximum atomic E-state index is 12.2. The highest BCUT2D eigenvalue weighted by Gasteiger charge is 2.14. The average molecular weight is 344 g/mol. The van der Waals surface area contributed by atoms with Crippen LogP contribution in [0, 0.1) is 13.8 Å². The van der Waals surface area contributed by atoms with Gasteiger partial charge in [-0.1, -0.05) is 13.8 Å². The van der Waals surface area contributed by atoms with Gasteiger partial charge in [0.05, 0.1) is 12.7 Å². The summed E-state index contributed by atoms with van der Waals surface area (Å²) in [5.74, 6) is 0.698. The van der Waals surface area contributed by atoms with Gasteiger partial charge < -0.3 is 14.2 Å².